The van der Waals surface area contributed by atoms with Crippen LogP contribution in [-0.4, -0.2) is 16.8 Å². The molecular formula is C19H25N3O2. The fraction of sp³-hybridized carbons (Fsp3) is 0.632. The average molecular weight is 327 g/mol. The van der Waals surface area contributed by atoms with Crippen molar-refractivity contribution in [2.24, 2.45) is 22.2 Å². The molecule has 4 saturated carbocycles. The summed E-state index contributed by atoms with van der Waals surface area (Å²) in [5.74, 6) is 0.345. The zero-order valence-corrected chi connectivity index (χ0v) is 14.4. The number of rotatable bonds is 2. The molecule has 1 aromatic heterocycles. The third-order valence-corrected chi connectivity index (χ3v) is 6.34. The van der Waals surface area contributed by atoms with Gasteiger partial charge in [0.15, 0.2) is 0 Å². The molecule has 4 aliphatic rings. The van der Waals surface area contributed by atoms with E-state index < -0.39 is 0 Å². The Kier molecular flexibility index (Phi) is 3.28. The van der Waals surface area contributed by atoms with Gasteiger partial charge in [-0.15, -0.1) is 0 Å². The Bertz CT molecular complexity index is 669. The number of hydrogen-bond donors (Lipinski definition) is 2. The molecule has 1 aromatic rings. The number of hydrazine groups is 1. The van der Waals surface area contributed by atoms with E-state index in [1.807, 2.05) is 0 Å². The molecule has 4 bridgehead atoms. The highest BCUT2D eigenvalue weighted by molar-refractivity contribution is 5.95. The van der Waals surface area contributed by atoms with Crippen molar-refractivity contribution in [2.75, 3.05) is 0 Å². The predicted octanol–water partition coefficient (Wildman–Crippen LogP) is 2.84. The molecule has 1 heterocycles. The maximum absolute atomic E-state index is 13.0. The van der Waals surface area contributed by atoms with Crippen LogP contribution in [0.5, 0.6) is 0 Å². The van der Waals surface area contributed by atoms with E-state index in [0.717, 1.165) is 19.3 Å². The standard InChI is InChI=1S/C19H25N3O2/c1-17-7-13-8-18(2,10-17)12-19(9-13,11-17)16(24)22-21-15(23)14-3-5-20-6-4-14/h3-6,13H,7-12H2,1-2H3,(H,21,23)(H,22,24)/t13?,17-,18+,19?. The van der Waals surface area contributed by atoms with Crippen molar-refractivity contribution < 1.29 is 9.59 Å². The van der Waals surface area contributed by atoms with Gasteiger partial charge in [0.2, 0.25) is 5.91 Å². The van der Waals surface area contributed by atoms with Crippen LogP contribution in [0.2, 0.25) is 0 Å². The Balaban J connectivity index is 1.48. The molecule has 2 amide bonds. The number of nitrogens with one attached hydrogen (secondary N) is 2. The van der Waals surface area contributed by atoms with E-state index >= 15 is 0 Å². The Hall–Kier alpha value is -1.91. The van der Waals surface area contributed by atoms with Gasteiger partial charge in [0.25, 0.3) is 5.91 Å². The lowest BCUT2D eigenvalue weighted by Crippen LogP contribution is -2.61. The van der Waals surface area contributed by atoms with E-state index in [1.165, 1.54) is 19.3 Å². The maximum atomic E-state index is 13.0. The van der Waals surface area contributed by atoms with Crippen molar-refractivity contribution in [3.63, 3.8) is 0 Å². The van der Waals surface area contributed by atoms with Crippen LogP contribution >= 0.6 is 0 Å². The van der Waals surface area contributed by atoms with Crippen LogP contribution < -0.4 is 10.9 Å². The number of hydrogen-bond acceptors (Lipinski definition) is 3. The van der Waals surface area contributed by atoms with Gasteiger partial charge in [0, 0.05) is 18.0 Å². The summed E-state index contributed by atoms with van der Waals surface area (Å²) in [6.45, 7) is 4.68. The molecule has 128 valence electrons. The molecule has 4 aliphatic carbocycles. The van der Waals surface area contributed by atoms with Crippen LogP contribution in [0.1, 0.15) is 62.7 Å². The Morgan fingerprint density at radius 2 is 1.62 bits per heavy atom. The first-order valence-electron chi connectivity index (χ1n) is 8.83. The quantitative estimate of drug-likeness (QED) is 0.821. The van der Waals surface area contributed by atoms with Crippen molar-refractivity contribution >= 4 is 11.8 Å². The molecule has 2 unspecified atom stereocenters. The van der Waals surface area contributed by atoms with Gasteiger partial charge in [-0.1, -0.05) is 13.8 Å². The fourth-order valence-electron chi connectivity index (χ4n) is 6.52. The minimum atomic E-state index is -0.311. The molecule has 5 nitrogen and oxygen atoms in total. The number of carbonyl (C=O) groups excluding carboxylic acids is 2. The SMILES string of the molecule is C[C@]12CC3CC(C(=O)NNC(=O)c4ccncc4)(C1)C[C@@](C)(C3)C2. The molecule has 2 N–H and O–H groups in total. The molecule has 24 heavy (non-hydrogen) atoms. The summed E-state index contributed by atoms with van der Waals surface area (Å²) < 4.78 is 0. The third kappa shape index (κ3) is 2.50. The summed E-state index contributed by atoms with van der Waals surface area (Å²) in [6, 6.07) is 3.27. The van der Waals surface area contributed by atoms with E-state index in [4.69, 9.17) is 0 Å². The number of nitrogens with zero attached hydrogens (tertiary/aromatic N) is 1. The molecule has 0 aliphatic heterocycles. The topological polar surface area (TPSA) is 71.1 Å². The lowest BCUT2D eigenvalue weighted by Gasteiger charge is -2.64. The summed E-state index contributed by atoms with van der Waals surface area (Å²) in [4.78, 5) is 29.0. The van der Waals surface area contributed by atoms with Crippen molar-refractivity contribution in [1.82, 2.24) is 15.8 Å². The third-order valence-electron chi connectivity index (χ3n) is 6.34. The van der Waals surface area contributed by atoms with Gasteiger partial charge < -0.3 is 0 Å². The predicted molar refractivity (Wildman–Crippen MR) is 89.7 cm³/mol. The second kappa shape index (κ2) is 5.04. The van der Waals surface area contributed by atoms with E-state index in [-0.39, 0.29) is 28.1 Å². The van der Waals surface area contributed by atoms with Crippen LogP contribution in [-0.2, 0) is 4.79 Å². The van der Waals surface area contributed by atoms with Gasteiger partial charge in [-0.25, -0.2) is 0 Å². The fourth-order valence-corrected chi connectivity index (χ4v) is 6.52. The number of pyridine rings is 1. The van der Waals surface area contributed by atoms with Crippen molar-refractivity contribution in [2.45, 2.75) is 52.4 Å². The second-order valence-electron chi connectivity index (χ2n) is 9.05. The van der Waals surface area contributed by atoms with E-state index in [1.54, 1.807) is 24.5 Å². The minimum absolute atomic E-state index is 0.00791. The lowest BCUT2D eigenvalue weighted by atomic mass is 9.40. The van der Waals surface area contributed by atoms with Gasteiger partial charge in [-0.05, 0) is 67.4 Å². The van der Waals surface area contributed by atoms with Gasteiger partial charge in [-0.3, -0.25) is 25.4 Å². The average Bonchev–Trinajstić information content (AvgIpc) is 2.49. The molecule has 5 rings (SSSR count). The van der Waals surface area contributed by atoms with Crippen molar-refractivity contribution in [1.29, 1.82) is 0 Å². The number of carbonyl (C=O) groups is 2. The molecule has 5 heteroatoms. The maximum Gasteiger partial charge on any atom is 0.269 e. The van der Waals surface area contributed by atoms with Crippen LogP contribution in [0.15, 0.2) is 24.5 Å². The summed E-state index contributed by atoms with van der Waals surface area (Å²) in [7, 11) is 0. The number of aromatic nitrogens is 1. The van der Waals surface area contributed by atoms with Gasteiger partial charge in [-0.2, -0.15) is 0 Å². The van der Waals surface area contributed by atoms with Crippen LogP contribution in [0, 0.1) is 22.2 Å². The molecular weight excluding hydrogens is 302 g/mol. The van der Waals surface area contributed by atoms with Crippen LogP contribution in [0.4, 0.5) is 0 Å². The Morgan fingerprint density at radius 3 is 2.21 bits per heavy atom. The van der Waals surface area contributed by atoms with Gasteiger partial charge in [0.1, 0.15) is 0 Å². The molecule has 0 spiro atoms. The van der Waals surface area contributed by atoms with Crippen LogP contribution in [0.25, 0.3) is 0 Å². The van der Waals surface area contributed by atoms with Crippen molar-refractivity contribution in [3.8, 4) is 0 Å². The molecule has 0 saturated heterocycles. The minimum Gasteiger partial charge on any atom is -0.273 e. The van der Waals surface area contributed by atoms with Gasteiger partial charge >= 0.3 is 0 Å². The smallest absolute Gasteiger partial charge is 0.269 e. The zero-order valence-electron chi connectivity index (χ0n) is 14.4. The Labute approximate surface area is 142 Å². The lowest BCUT2D eigenvalue weighted by molar-refractivity contribution is -0.170. The largest absolute Gasteiger partial charge is 0.273 e. The summed E-state index contributed by atoms with van der Waals surface area (Å²) in [5, 5.41) is 0. The first-order valence-corrected chi connectivity index (χ1v) is 8.83. The molecule has 4 fully saturated rings. The summed E-state index contributed by atoms with van der Waals surface area (Å²) in [6.07, 6.45) is 9.73. The van der Waals surface area contributed by atoms with E-state index in [2.05, 4.69) is 29.7 Å². The zero-order chi connectivity index (χ0) is 17.0. The van der Waals surface area contributed by atoms with Gasteiger partial charge in [0.05, 0.1) is 5.41 Å². The summed E-state index contributed by atoms with van der Waals surface area (Å²) in [5.41, 5.74) is 6.04. The van der Waals surface area contributed by atoms with Crippen molar-refractivity contribution in [3.05, 3.63) is 30.1 Å². The van der Waals surface area contributed by atoms with E-state index in [0.29, 0.717) is 11.5 Å². The van der Waals surface area contributed by atoms with E-state index in [9.17, 15) is 9.59 Å². The molecule has 0 aromatic carbocycles. The monoisotopic (exact) mass is 327 g/mol. The molecule has 4 atom stereocenters. The Morgan fingerprint density at radius 1 is 1.00 bits per heavy atom. The first-order chi connectivity index (χ1) is 11.3. The van der Waals surface area contributed by atoms with Crippen LogP contribution in [0.3, 0.4) is 0 Å². The number of amides is 2. The highest BCUT2D eigenvalue weighted by Gasteiger charge is 2.62. The highest BCUT2D eigenvalue weighted by Crippen LogP contribution is 2.69. The summed E-state index contributed by atoms with van der Waals surface area (Å²) >= 11 is 0. The molecule has 0 radical (unpaired) electrons. The normalized spacial score (nSPS) is 39.5. The highest BCUT2D eigenvalue weighted by atomic mass is 16.2. The first kappa shape index (κ1) is 15.6. The second-order valence-corrected chi connectivity index (χ2v) is 9.05.